The Morgan fingerprint density at radius 3 is 2.30 bits per heavy atom. The van der Waals surface area contributed by atoms with Crippen molar-refractivity contribution in [2.24, 2.45) is 0 Å². The lowest BCUT2D eigenvalue weighted by atomic mass is 10.0. The SMILES string of the molecule is N#Cc1ccc(COCc2ccc3ccccc3c2C#N)cc1. The highest BCUT2D eigenvalue weighted by atomic mass is 16.5. The van der Waals surface area contributed by atoms with Gasteiger partial charge in [-0.05, 0) is 34.0 Å². The summed E-state index contributed by atoms with van der Waals surface area (Å²) in [5, 5.41) is 20.2. The molecule has 3 aromatic rings. The van der Waals surface area contributed by atoms with Gasteiger partial charge in [0.15, 0.2) is 0 Å². The zero-order valence-corrected chi connectivity index (χ0v) is 12.5. The van der Waals surface area contributed by atoms with E-state index in [-0.39, 0.29) is 0 Å². The first-order valence-corrected chi connectivity index (χ1v) is 7.29. The second kappa shape index (κ2) is 6.75. The van der Waals surface area contributed by atoms with E-state index in [0.717, 1.165) is 21.9 Å². The van der Waals surface area contributed by atoms with Crippen LogP contribution in [0, 0.1) is 22.7 Å². The summed E-state index contributed by atoms with van der Waals surface area (Å²) >= 11 is 0. The first kappa shape index (κ1) is 14.8. The van der Waals surface area contributed by atoms with Crippen molar-refractivity contribution >= 4 is 10.8 Å². The largest absolute Gasteiger partial charge is 0.372 e. The second-order valence-corrected chi connectivity index (χ2v) is 5.23. The van der Waals surface area contributed by atoms with Crippen LogP contribution >= 0.6 is 0 Å². The number of hydrogen-bond acceptors (Lipinski definition) is 3. The Hall–Kier alpha value is -3.14. The van der Waals surface area contributed by atoms with E-state index in [9.17, 15) is 5.26 Å². The molecule has 3 aromatic carbocycles. The molecule has 110 valence electrons. The third kappa shape index (κ3) is 3.21. The molecule has 0 N–H and O–H groups in total. The van der Waals surface area contributed by atoms with Gasteiger partial charge in [0.05, 0.1) is 30.4 Å². The Balaban J connectivity index is 1.74. The first-order chi connectivity index (χ1) is 11.3. The average Bonchev–Trinajstić information content (AvgIpc) is 2.62. The van der Waals surface area contributed by atoms with Crippen molar-refractivity contribution in [3.8, 4) is 12.1 Å². The van der Waals surface area contributed by atoms with Gasteiger partial charge >= 0.3 is 0 Å². The topological polar surface area (TPSA) is 56.8 Å². The fraction of sp³-hybridized carbons (Fsp3) is 0.100. The van der Waals surface area contributed by atoms with Crippen LogP contribution in [0.5, 0.6) is 0 Å². The lowest BCUT2D eigenvalue weighted by Crippen LogP contribution is -1.97. The molecule has 3 rings (SSSR count). The van der Waals surface area contributed by atoms with Crippen molar-refractivity contribution in [2.75, 3.05) is 0 Å². The smallest absolute Gasteiger partial charge is 0.100 e. The monoisotopic (exact) mass is 298 g/mol. The minimum absolute atomic E-state index is 0.383. The summed E-state index contributed by atoms with van der Waals surface area (Å²) < 4.78 is 5.74. The van der Waals surface area contributed by atoms with E-state index in [1.54, 1.807) is 12.1 Å². The zero-order chi connectivity index (χ0) is 16.1. The maximum absolute atomic E-state index is 9.45. The Bertz CT molecular complexity index is 915. The molecule has 0 aliphatic rings. The first-order valence-electron chi connectivity index (χ1n) is 7.29. The van der Waals surface area contributed by atoms with Gasteiger partial charge < -0.3 is 4.74 Å². The van der Waals surface area contributed by atoms with Crippen molar-refractivity contribution in [3.05, 3.63) is 82.9 Å². The van der Waals surface area contributed by atoms with Gasteiger partial charge in [0.25, 0.3) is 0 Å². The average molecular weight is 298 g/mol. The van der Waals surface area contributed by atoms with Crippen LogP contribution in [-0.4, -0.2) is 0 Å². The van der Waals surface area contributed by atoms with Crippen LogP contribution in [-0.2, 0) is 18.0 Å². The highest BCUT2D eigenvalue weighted by molar-refractivity contribution is 5.88. The molecule has 3 heteroatoms. The molecule has 0 aromatic heterocycles. The molecule has 23 heavy (non-hydrogen) atoms. The van der Waals surface area contributed by atoms with Crippen LogP contribution in [0.1, 0.15) is 22.3 Å². The molecule has 0 unspecified atom stereocenters. The molecule has 0 radical (unpaired) electrons. The quantitative estimate of drug-likeness (QED) is 0.721. The van der Waals surface area contributed by atoms with Crippen LogP contribution in [0.2, 0.25) is 0 Å². The molecule has 0 aliphatic heterocycles. The molecule has 0 saturated heterocycles. The molecule has 0 saturated carbocycles. The van der Waals surface area contributed by atoms with Gasteiger partial charge in [0.1, 0.15) is 6.07 Å². The van der Waals surface area contributed by atoms with E-state index >= 15 is 0 Å². The second-order valence-electron chi connectivity index (χ2n) is 5.23. The van der Waals surface area contributed by atoms with Gasteiger partial charge in [0, 0.05) is 0 Å². The lowest BCUT2D eigenvalue weighted by Gasteiger charge is -2.09. The van der Waals surface area contributed by atoms with Gasteiger partial charge in [0.2, 0.25) is 0 Å². The molecule has 0 bridgehead atoms. The molecule has 0 heterocycles. The van der Waals surface area contributed by atoms with E-state index in [4.69, 9.17) is 10.00 Å². The van der Waals surface area contributed by atoms with E-state index < -0.39 is 0 Å². The van der Waals surface area contributed by atoms with E-state index in [0.29, 0.717) is 24.3 Å². The zero-order valence-electron chi connectivity index (χ0n) is 12.5. The predicted octanol–water partition coefficient (Wildman–Crippen LogP) is 4.30. The van der Waals surface area contributed by atoms with Gasteiger partial charge in [-0.1, -0.05) is 48.5 Å². The molecular formula is C20H14N2O. The predicted molar refractivity (Wildman–Crippen MR) is 88.3 cm³/mol. The van der Waals surface area contributed by atoms with Gasteiger partial charge in [-0.3, -0.25) is 0 Å². The van der Waals surface area contributed by atoms with Crippen molar-refractivity contribution in [1.29, 1.82) is 10.5 Å². The molecular weight excluding hydrogens is 284 g/mol. The van der Waals surface area contributed by atoms with E-state index in [1.165, 1.54) is 0 Å². The summed E-state index contributed by atoms with van der Waals surface area (Å²) in [5.41, 5.74) is 3.20. The highest BCUT2D eigenvalue weighted by Crippen LogP contribution is 2.22. The summed E-state index contributed by atoms with van der Waals surface area (Å²) in [4.78, 5) is 0. The van der Waals surface area contributed by atoms with Crippen LogP contribution in [0.3, 0.4) is 0 Å². The van der Waals surface area contributed by atoms with Crippen molar-refractivity contribution < 1.29 is 4.74 Å². The minimum atomic E-state index is 0.383. The van der Waals surface area contributed by atoms with Crippen LogP contribution < -0.4 is 0 Å². The maximum atomic E-state index is 9.45. The van der Waals surface area contributed by atoms with Crippen molar-refractivity contribution in [2.45, 2.75) is 13.2 Å². The standard InChI is InChI=1S/C20H14N2O/c21-11-15-5-7-16(8-6-15)13-23-14-18-10-9-17-3-1-2-4-19(17)20(18)12-22/h1-10H,13-14H2. The van der Waals surface area contributed by atoms with E-state index in [1.807, 2.05) is 48.5 Å². The van der Waals surface area contributed by atoms with Crippen molar-refractivity contribution in [1.82, 2.24) is 0 Å². The molecule has 0 fully saturated rings. The summed E-state index contributed by atoms with van der Waals surface area (Å²) in [7, 11) is 0. The van der Waals surface area contributed by atoms with Gasteiger partial charge in [-0.15, -0.1) is 0 Å². The molecule has 0 amide bonds. The van der Waals surface area contributed by atoms with Crippen LogP contribution in [0.4, 0.5) is 0 Å². The van der Waals surface area contributed by atoms with Crippen LogP contribution in [0.25, 0.3) is 10.8 Å². The fourth-order valence-corrected chi connectivity index (χ4v) is 2.52. The Kier molecular flexibility index (Phi) is 4.34. The number of benzene rings is 3. The summed E-state index contributed by atoms with van der Waals surface area (Å²) in [6.45, 7) is 0.830. The van der Waals surface area contributed by atoms with Gasteiger partial charge in [-0.25, -0.2) is 0 Å². The fourth-order valence-electron chi connectivity index (χ4n) is 2.52. The number of nitrogens with zero attached hydrogens (tertiary/aromatic N) is 2. The van der Waals surface area contributed by atoms with E-state index in [2.05, 4.69) is 12.1 Å². The maximum Gasteiger partial charge on any atom is 0.100 e. The number of hydrogen-bond donors (Lipinski definition) is 0. The number of ether oxygens (including phenoxy) is 1. The lowest BCUT2D eigenvalue weighted by molar-refractivity contribution is 0.107. The Labute approximate surface area is 135 Å². The Morgan fingerprint density at radius 2 is 1.57 bits per heavy atom. The molecule has 3 nitrogen and oxygen atoms in total. The van der Waals surface area contributed by atoms with Crippen LogP contribution in [0.15, 0.2) is 60.7 Å². The number of fused-ring (bicyclic) bond motifs is 1. The third-order valence-electron chi connectivity index (χ3n) is 3.74. The molecule has 0 aliphatic carbocycles. The molecule has 0 spiro atoms. The Morgan fingerprint density at radius 1 is 0.783 bits per heavy atom. The minimum Gasteiger partial charge on any atom is -0.372 e. The number of rotatable bonds is 4. The van der Waals surface area contributed by atoms with Crippen molar-refractivity contribution in [3.63, 3.8) is 0 Å². The summed E-state index contributed by atoms with van der Waals surface area (Å²) in [6, 6.07) is 23.5. The third-order valence-corrected chi connectivity index (χ3v) is 3.74. The summed E-state index contributed by atoms with van der Waals surface area (Å²) in [5.74, 6) is 0. The normalized spacial score (nSPS) is 10.2. The number of nitriles is 2. The highest BCUT2D eigenvalue weighted by Gasteiger charge is 2.07. The van der Waals surface area contributed by atoms with Gasteiger partial charge in [-0.2, -0.15) is 10.5 Å². The molecule has 0 atom stereocenters. The summed E-state index contributed by atoms with van der Waals surface area (Å²) in [6.07, 6.45) is 0.